The minimum atomic E-state index is -0.373. The maximum absolute atomic E-state index is 11.4. The highest BCUT2D eigenvalue weighted by atomic mass is 32.1. The standard InChI is InChI=1S/C12H20N2O2S/c1-8-9(10(15)16-5)14-11(17-8)13-7-6-12(2,3)4/h6-7H2,1-5H3,(H,13,14). The zero-order chi connectivity index (χ0) is 13.1. The largest absolute Gasteiger partial charge is 0.464 e. The van der Waals surface area contributed by atoms with Crippen LogP contribution < -0.4 is 5.32 Å². The van der Waals surface area contributed by atoms with Gasteiger partial charge in [0.15, 0.2) is 10.8 Å². The second-order valence-corrected chi connectivity index (χ2v) is 6.36. The summed E-state index contributed by atoms with van der Waals surface area (Å²) in [6, 6.07) is 0. The fourth-order valence-corrected chi connectivity index (χ4v) is 2.13. The lowest BCUT2D eigenvalue weighted by Crippen LogP contribution is -2.12. The Morgan fingerprint density at radius 2 is 2.12 bits per heavy atom. The number of methoxy groups -OCH3 is 1. The van der Waals surface area contributed by atoms with Gasteiger partial charge in [-0.25, -0.2) is 9.78 Å². The predicted octanol–water partition coefficient (Wildman–Crippen LogP) is 3.09. The van der Waals surface area contributed by atoms with Gasteiger partial charge in [-0.3, -0.25) is 0 Å². The zero-order valence-electron chi connectivity index (χ0n) is 11.1. The molecule has 4 nitrogen and oxygen atoms in total. The molecule has 0 aliphatic heterocycles. The van der Waals surface area contributed by atoms with Gasteiger partial charge in [-0.1, -0.05) is 20.8 Å². The van der Waals surface area contributed by atoms with Crippen molar-refractivity contribution in [2.45, 2.75) is 34.1 Å². The maximum atomic E-state index is 11.4. The third-order valence-corrected chi connectivity index (χ3v) is 3.26. The Morgan fingerprint density at radius 3 is 2.65 bits per heavy atom. The fourth-order valence-electron chi connectivity index (χ4n) is 1.30. The summed E-state index contributed by atoms with van der Waals surface area (Å²) in [6.07, 6.45) is 1.05. The van der Waals surface area contributed by atoms with Gasteiger partial charge in [0, 0.05) is 11.4 Å². The molecule has 0 amide bonds. The van der Waals surface area contributed by atoms with Gasteiger partial charge in [-0.15, -0.1) is 11.3 Å². The molecule has 0 aromatic carbocycles. The monoisotopic (exact) mass is 256 g/mol. The first-order valence-corrected chi connectivity index (χ1v) is 6.45. The van der Waals surface area contributed by atoms with Gasteiger partial charge in [-0.2, -0.15) is 0 Å². The van der Waals surface area contributed by atoms with Crippen LogP contribution in [-0.2, 0) is 4.74 Å². The number of aryl methyl sites for hydroxylation is 1. The van der Waals surface area contributed by atoms with E-state index in [1.807, 2.05) is 6.92 Å². The predicted molar refractivity (Wildman–Crippen MR) is 70.8 cm³/mol. The van der Waals surface area contributed by atoms with Gasteiger partial charge in [-0.05, 0) is 18.8 Å². The van der Waals surface area contributed by atoms with E-state index in [4.69, 9.17) is 0 Å². The Labute approximate surface area is 106 Å². The lowest BCUT2D eigenvalue weighted by atomic mass is 9.92. The van der Waals surface area contributed by atoms with E-state index in [0.717, 1.165) is 23.0 Å². The van der Waals surface area contributed by atoms with Crippen molar-refractivity contribution in [3.8, 4) is 0 Å². The number of hydrogen-bond donors (Lipinski definition) is 1. The fraction of sp³-hybridized carbons (Fsp3) is 0.667. The van der Waals surface area contributed by atoms with Crippen LogP contribution in [0.4, 0.5) is 5.13 Å². The minimum Gasteiger partial charge on any atom is -0.464 e. The van der Waals surface area contributed by atoms with Crippen LogP contribution in [0.2, 0.25) is 0 Å². The summed E-state index contributed by atoms with van der Waals surface area (Å²) in [7, 11) is 1.37. The number of esters is 1. The molecule has 0 saturated carbocycles. The lowest BCUT2D eigenvalue weighted by molar-refractivity contribution is 0.0594. The number of hydrogen-bond acceptors (Lipinski definition) is 5. The number of carbonyl (C=O) groups is 1. The molecule has 1 rings (SSSR count). The molecule has 0 atom stereocenters. The van der Waals surface area contributed by atoms with E-state index in [0.29, 0.717) is 11.1 Å². The highest BCUT2D eigenvalue weighted by Gasteiger charge is 2.16. The molecule has 0 aliphatic rings. The van der Waals surface area contributed by atoms with Crippen LogP contribution in [0, 0.1) is 12.3 Å². The molecule has 1 aromatic rings. The van der Waals surface area contributed by atoms with Crippen molar-refractivity contribution >= 4 is 22.4 Å². The second kappa shape index (κ2) is 5.49. The second-order valence-electron chi connectivity index (χ2n) is 5.15. The summed E-state index contributed by atoms with van der Waals surface area (Å²) >= 11 is 1.49. The molecule has 1 heterocycles. The molecule has 5 heteroatoms. The Balaban J connectivity index is 2.59. The number of ether oxygens (including phenoxy) is 1. The van der Waals surface area contributed by atoms with Crippen LogP contribution in [-0.4, -0.2) is 24.6 Å². The number of nitrogens with one attached hydrogen (secondary N) is 1. The molecule has 0 aliphatic carbocycles. The molecule has 96 valence electrons. The molecule has 0 unspecified atom stereocenters. The lowest BCUT2D eigenvalue weighted by Gasteiger charge is -2.17. The van der Waals surface area contributed by atoms with E-state index in [1.54, 1.807) is 0 Å². The number of thiazole rings is 1. The Bertz CT molecular complexity index is 394. The van der Waals surface area contributed by atoms with Gasteiger partial charge in [0.1, 0.15) is 0 Å². The highest BCUT2D eigenvalue weighted by Crippen LogP contribution is 2.24. The molecule has 17 heavy (non-hydrogen) atoms. The van der Waals surface area contributed by atoms with Crippen LogP contribution in [0.1, 0.15) is 42.6 Å². The summed E-state index contributed by atoms with van der Waals surface area (Å²) in [6.45, 7) is 9.32. The van der Waals surface area contributed by atoms with Gasteiger partial charge in [0.2, 0.25) is 0 Å². The maximum Gasteiger partial charge on any atom is 0.357 e. The van der Waals surface area contributed by atoms with E-state index < -0.39 is 0 Å². The number of nitrogens with zero attached hydrogens (tertiary/aromatic N) is 1. The van der Waals surface area contributed by atoms with Crippen molar-refractivity contribution in [3.63, 3.8) is 0 Å². The van der Waals surface area contributed by atoms with Crippen molar-refractivity contribution in [2.24, 2.45) is 5.41 Å². The number of carbonyl (C=O) groups excluding carboxylic acids is 1. The molecular formula is C12H20N2O2S. The van der Waals surface area contributed by atoms with Crippen LogP contribution in [0.3, 0.4) is 0 Å². The number of aromatic nitrogens is 1. The van der Waals surface area contributed by atoms with Gasteiger partial charge < -0.3 is 10.1 Å². The normalized spacial score (nSPS) is 11.4. The van der Waals surface area contributed by atoms with Crippen LogP contribution >= 0.6 is 11.3 Å². The minimum absolute atomic E-state index is 0.296. The number of rotatable bonds is 4. The van der Waals surface area contributed by atoms with Crippen LogP contribution in [0.15, 0.2) is 0 Å². The Morgan fingerprint density at radius 1 is 1.47 bits per heavy atom. The average Bonchev–Trinajstić information content (AvgIpc) is 2.57. The molecule has 0 fully saturated rings. The van der Waals surface area contributed by atoms with Crippen molar-refractivity contribution in [3.05, 3.63) is 10.6 Å². The summed E-state index contributed by atoms with van der Waals surface area (Å²) in [4.78, 5) is 16.5. The average molecular weight is 256 g/mol. The van der Waals surface area contributed by atoms with Crippen molar-refractivity contribution in [2.75, 3.05) is 19.0 Å². The zero-order valence-corrected chi connectivity index (χ0v) is 11.9. The summed E-state index contributed by atoms with van der Waals surface area (Å²) < 4.78 is 4.67. The van der Waals surface area contributed by atoms with E-state index in [1.165, 1.54) is 18.4 Å². The van der Waals surface area contributed by atoms with E-state index in [2.05, 4.69) is 35.8 Å². The Hall–Kier alpha value is -1.10. The smallest absolute Gasteiger partial charge is 0.357 e. The summed E-state index contributed by atoms with van der Waals surface area (Å²) in [5, 5.41) is 4.03. The SMILES string of the molecule is COC(=O)c1nc(NCCC(C)(C)C)sc1C. The summed E-state index contributed by atoms with van der Waals surface area (Å²) in [5.41, 5.74) is 0.709. The molecule has 1 N–H and O–H groups in total. The van der Waals surface area contributed by atoms with Gasteiger partial charge in [0.25, 0.3) is 0 Å². The quantitative estimate of drug-likeness (QED) is 0.841. The third-order valence-electron chi connectivity index (χ3n) is 2.33. The van der Waals surface area contributed by atoms with Gasteiger partial charge >= 0.3 is 5.97 Å². The number of anilines is 1. The first-order chi connectivity index (χ1) is 7.83. The molecule has 0 bridgehead atoms. The topological polar surface area (TPSA) is 51.2 Å². The molecule has 0 radical (unpaired) electrons. The summed E-state index contributed by atoms with van der Waals surface area (Å²) in [5.74, 6) is -0.373. The van der Waals surface area contributed by atoms with E-state index in [9.17, 15) is 4.79 Å². The Kier molecular flexibility index (Phi) is 4.51. The van der Waals surface area contributed by atoms with Crippen molar-refractivity contribution < 1.29 is 9.53 Å². The first-order valence-electron chi connectivity index (χ1n) is 5.63. The van der Waals surface area contributed by atoms with Crippen molar-refractivity contribution in [1.82, 2.24) is 4.98 Å². The molecule has 0 spiro atoms. The van der Waals surface area contributed by atoms with Crippen LogP contribution in [0.25, 0.3) is 0 Å². The van der Waals surface area contributed by atoms with Crippen molar-refractivity contribution in [1.29, 1.82) is 0 Å². The van der Waals surface area contributed by atoms with E-state index >= 15 is 0 Å². The van der Waals surface area contributed by atoms with Crippen LogP contribution in [0.5, 0.6) is 0 Å². The molecule has 0 saturated heterocycles. The van der Waals surface area contributed by atoms with E-state index in [-0.39, 0.29) is 5.97 Å². The molecule has 1 aromatic heterocycles. The van der Waals surface area contributed by atoms with Gasteiger partial charge in [0.05, 0.1) is 7.11 Å². The third kappa shape index (κ3) is 4.34. The molecular weight excluding hydrogens is 236 g/mol. The first kappa shape index (κ1) is 14.0. The highest BCUT2D eigenvalue weighted by molar-refractivity contribution is 7.15.